The summed E-state index contributed by atoms with van der Waals surface area (Å²) in [5.41, 5.74) is 5.70. The molecule has 0 spiro atoms. The lowest BCUT2D eigenvalue weighted by atomic mass is 9.99. The molecule has 4 rings (SSSR count). The molecular formula is C20H17N3O. The number of hydrogen-bond donors (Lipinski definition) is 2. The zero-order valence-electron chi connectivity index (χ0n) is 13.1. The molecule has 0 fully saturated rings. The summed E-state index contributed by atoms with van der Waals surface area (Å²) in [5, 5.41) is 18.0. The lowest BCUT2D eigenvalue weighted by Crippen LogP contribution is -1.94. The van der Waals surface area contributed by atoms with Crippen molar-refractivity contribution in [1.82, 2.24) is 15.2 Å². The minimum absolute atomic E-state index is 0.0763. The minimum atomic E-state index is -0.0763. The highest BCUT2D eigenvalue weighted by Crippen LogP contribution is 2.29. The number of aliphatic hydroxyl groups excluding tert-OH is 1. The van der Waals surface area contributed by atoms with Gasteiger partial charge in [-0.2, -0.15) is 5.10 Å². The minimum Gasteiger partial charge on any atom is -0.390 e. The fourth-order valence-corrected chi connectivity index (χ4v) is 2.99. The van der Waals surface area contributed by atoms with Gasteiger partial charge in [0.05, 0.1) is 23.5 Å². The third-order valence-electron chi connectivity index (χ3n) is 4.12. The predicted octanol–water partition coefficient (Wildman–Crippen LogP) is 3.71. The highest BCUT2D eigenvalue weighted by atomic mass is 16.3. The van der Waals surface area contributed by atoms with Crippen molar-refractivity contribution in [2.45, 2.75) is 13.0 Å². The van der Waals surface area contributed by atoms with Gasteiger partial charge in [0.1, 0.15) is 5.69 Å². The first kappa shape index (κ1) is 14.6. The van der Waals surface area contributed by atoms with E-state index in [2.05, 4.69) is 45.5 Å². The summed E-state index contributed by atoms with van der Waals surface area (Å²) in [6.07, 6.45) is 0.838. The van der Waals surface area contributed by atoms with Gasteiger partial charge in [0.25, 0.3) is 0 Å². The van der Waals surface area contributed by atoms with E-state index in [0.29, 0.717) is 5.69 Å². The molecular weight excluding hydrogens is 298 g/mol. The van der Waals surface area contributed by atoms with Crippen LogP contribution in [0.25, 0.3) is 22.3 Å². The van der Waals surface area contributed by atoms with Gasteiger partial charge in [-0.15, -0.1) is 0 Å². The van der Waals surface area contributed by atoms with Crippen LogP contribution in [-0.4, -0.2) is 20.3 Å². The van der Waals surface area contributed by atoms with Crippen LogP contribution >= 0.6 is 0 Å². The van der Waals surface area contributed by atoms with Crippen LogP contribution in [0.2, 0.25) is 0 Å². The monoisotopic (exact) mass is 315 g/mol. The molecule has 2 aromatic heterocycles. The van der Waals surface area contributed by atoms with Crippen LogP contribution in [-0.2, 0) is 13.0 Å². The van der Waals surface area contributed by atoms with Gasteiger partial charge < -0.3 is 5.11 Å². The number of H-pyrrole nitrogens is 1. The van der Waals surface area contributed by atoms with E-state index in [1.807, 2.05) is 36.4 Å². The van der Waals surface area contributed by atoms with Crippen LogP contribution in [0.5, 0.6) is 0 Å². The van der Waals surface area contributed by atoms with Crippen molar-refractivity contribution in [2.75, 3.05) is 0 Å². The molecule has 4 aromatic rings. The highest BCUT2D eigenvalue weighted by molar-refractivity contribution is 5.94. The second-order valence-electron chi connectivity index (χ2n) is 5.75. The van der Waals surface area contributed by atoms with Gasteiger partial charge in [0.15, 0.2) is 0 Å². The molecule has 0 aliphatic heterocycles. The Labute approximate surface area is 139 Å². The van der Waals surface area contributed by atoms with E-state index in [9.17, 15) is 5.11 Å². The van der Waals surface area contributed by atoms with E-state index in [1.54, 1.807) is 0 Å². The van der Waals surface area contributed by atoms with Crippen molar-refractivity contribution in [3.63, 3.8) is 0 Å². The molecule has 0 bridgehead atoms. The Morgan fingerprint density at radius 3 is 2.54 bits per heavy atom. The number of aliphatic hydroxyl groups is 1. The summed E-state index contributed by atoms with van der Waals surface area (Å²) in [7, 11) is 0. The van der Waals surface area contributed by atoms with Gasteiger partial charge in [-0.1, -0.05) is 48.5 Å². The van der Waals surface area contributed by atoms with Crippen molar-refractivity contribution in [3.05, 3.63) is 83.6 Å². The Kier molecular flexibility index (Phi) is 3.81. The molecule has 0 aliphatic rings. The third kappa shape index (κ3) is 2.68. The predicted molar refractivity (Wildman–Crippen MR) is 94.5 cm³/mol. The second-order valence-corrected chi connectivity index (χ2v) is 5.75. The topological polar surface area (TPSA) is 61.8 Å². The molecule has 0 aliphatic carbocycles. The summed E-state index contributed by atoms with van der Waals surface area (Å²) in [5.74, 6) is 0. The quantitative estimate of drug-likeness (QED) is 0.603. The first-order chi connectivity index (χ1) is 11.8. The first-order valence-electron chi connectivity index (χ1n) is 7.92. The Morgan fingerprint density at radius 2 is 1.71 bits per heavy atom. The number of aromatic nitrogens is 3. The van der Waals surface area contributed by atoms with Crippen molar-refractivity contribution in [2.24, 2.45) is 0 Å². The summed E-state index contributed by atoms with van der Waals surface area (Å²) in [6, 6.07) is 22.2. The number of pyridine rings is 1. The van der Waals surface area contributed by atoms with Gasteiger partial charge in [-0.05, 0) is 35.7 Å². The molecule has 2 aromatic carbocycles. The molecule has 2 N–H and O–H groups in total. The molecule has 0 radical (unpaired) electrons. The normalized spacial score (nSPS) is 11.0. The number of fused-ring (bicyclic) bond motifs is 1. The van der Waals surface area contributed by atoms with E-state index in [-0.39, 0.29) is 6.61 Å². The highest BCUT2D eigenvalue weighted by Gasteiger charge is 2.13. The summed E-state index contributed by atoms with van der Waals surface area (Å²) >= 11 is 0. The van der Waals surface area contributed by atoms with Gasteiger partial charge in [-0.25, -0.2) is 4.98 Å². The number of nitrogens with one attached hydrogen (secondary N) is 1. The van der Waals surface area contributed by atoms with Gasteiger partial charge in [-0.3, -0.25) is 5.10 Å². The van der Waals surface area contributed by atoms with E-state index < -0.39 is 0 Å². The summed E-state index contributed by atoms with van der Waals surface area (Å²) in [6.45, 7) is -0.0763. The molecule has 2 heterocycles. The number of rotatable bonds is 4. The van der Waals surface area contributed by atoms with Crippen LogP contribution in [0.3, 0.4) is 0 Å². The molecule has 4 nitrogen and oxygen atoms in total. The third-order valence-corrected chi connectivity index (χ3v) is 4.12. The van der Waals surface area contributed by atoms with E-state index in [0.717, 1.165) is 28.7 Å². The van der Waals surface area contributed by atoms with E-state index >= 15 is 0 Å². The lowest BCUT2D eigenvalue weighted by molar-refractivity contribution is 0.277. The fourth-order valence-electron chi connectivity index (χ4n) is 2.99. The second kappa shape index (κ2) is 6.26. The number of benzene rings is 2. The van der Waals surface area contributed by atoms with Gasteiger partial charge in [0, 0.05) is 5.39 Å². The SMILES string of the molecule is OCc1cccc(-c2n[nH]c3cccc(Cc4ccccc4)c23)n1. The maximum absolute atomic E-state index is 9.33. The fraction of sp³-hybridized carbons (Fsp3) is 0.100. The molecule has 0 atom stereocenters. The molecule has 0 saturated carbocycles. The smallest absolute Gasteiger partial charge is 0.119 e. The van der Waals surface area contributed by atoms with Crippen LogP contribution in [0.1, 0.15) is 16.8 Å². The standard InChI is InChI=1S/C20H17N3O/c24-13-16-9-5-11-18(21-16)20-19-15(8-4-10-17(19)22-23-20)12-14-6-2-1-3-7-14/h1-11,24H,12-13H2,(H,22,23). The lowest BCUT2D eigenvalue weighted by Gasteiger charge is -2.06. The van der Waals surface area contributed by atoms with Crippen molar-refractivity contribution in [1.29, 1.82) is 0 Å². The van der Waals surface area contributed by atoms with Gasteiger partial charge in [0.2, 0.25) is 0 Å². The maximum Gasteiger partial charge on any atom is 0.119 e. The van der Waals surface area contributed by atoms with Crippen LogP contribution in [0, 0.1) is 0 Å². The first-order valence-corrected chi connectivity index (χ1v) is 7.92. The molecule has 118 valence electrons. The molecule has 0 saturated heterocycles. The van der Waals surface area contributed by atoms with Crippen LogP contribution < -0.4 is 0 Å². The van der Waals surface area contributed by atoms with Gasteiger partial charge >= 0.3 is 0 Å². The zero-order valence-corrected chi connectivity index (χ0v) is 13.1. The Balaban J connectivity index is 1.85. The number of nitrogens with zero attached hydrogens (tertiary/aromatic N) is 2. The van der Waals surface area contributed by atoms with Crippen LogP contribution in [0.15, 0.2) is 66.7 Å². The molecule has 4 heteroatoms. The molecule has 0 unspecified atom stereocenters. The van der Waals surface area contributed by atoms with Crippen molar-refractivity contribution >= 4 is 10.9 Å². The van der Waals surface area contributed by atoms with E-state index in [4.69, 9.17) is 0 Å². The average Bonchev–Trinajstić information content (AvgIpc) is 3.08. The van der Waals surface area contributed by atoms with Crippen molar-refractivity contribution in [3.8, 4) is 11.4 Å². The Bertz CT molecular complexity index is 977. The largest absolute Gasteiger partial charge is 0.390 e. The average molecular weight is 315 g/mol. The summed E-state index contributed by atoms with van der Waals surface area (Å²) in [4.78, 5) is 4.50. The Morgan fingerprint density at radius 1 is 0.875 bits per heavy atom. The summed E-state index contributed by atoms with van der Waals surface area (Å²) < 4.78 is 0. The van der Waals surface area contributed by atoms with E-state index in [1.165, 1.54) is 11.1 Å². The number of aromatic amines is 1. The van der Waals surface area contributed by atoms with Crippen LogP contribution in [0.4, 0.5) is 0 Å². The van der Waals surface area contributed by atoms with Crippen molar-refractivity contribution < 1.29 is 5.11 Å². The Hall–Kier alpha value is -2.98. The zero-order chi connectivity index (χ0) is 16.4. The molecule has 24 heavy (non-hydrogen) atoms. The number of hydrogen-bond acceptors (Lipinski definition) is 3. The maximum atomic E-state index is 9.33. The molecule has 0 amide bonds.